The molecule has 4 nitrogen and oxygen atoms in total. The van der Waals surface area contributed by atoms with Crippen molar-refractivity contribution in [2.45, 2.75) is 32.6 Å². The van der Waals surface area contributed by atoms with Gasteiger partial charge in [-0.1, -0.05) is 24.3 Å². The topological polar surface area (TPSA) is 45.6 Å². The predicted molar refractivity (Wildman–Crippen MR) is 89.0 cm³/mol. The highest BCUT2D eigenvalue weighted by Crippen LogP contribution is 2.29. The lowest BCUT2D eigenvalue weighted by Crippen LogP contribution is -2.26. The minimum atomic E-state index is -0.385. The Labute approximate surface area is 135 Å². The van der Waals surface area contributed by atoms with Gasteiger partial charge in [-0.15, -0.1) is 11.3 Å². The minimum absolute atomic E-state index is 0.0613. The zero-order valence-electron chi connectivity index (χ0n) is 13.0. The fraction of sp³-hybridized carbons (Fsp3) is 0.471. The van der Waals surface area contributed by atoms with Crippen molar-refractivity contribution in [2.24, 2.45) is 0 Å². The highest BCUT2D eigenvalue weighted by molar-refractivity contribution is 7.15. The third kappa shape index (κ3) is 3.38. The van der Waals surface area contributed by atoms with E-state index in [1.807, 2.05) is 25.3 Å². The van der Waals surface area contributed by atoms with Crippen molar-refractivity contribution in [3.63, 3.8) is 0 Å². The Morgan fingerprint density at radius 2 is 2.18 bits per heavy atom. The van der Waals surface area contributed by atoms with Gasteiger partial charge in [-0.05, 0) is 19.4 Å². The number of aromatic nitrogens is 1. The molecule has 22 heavy (non-hydrogen) atoms. The average molecular weight is 318 g/mol. The van der Waals surface area contributed by atoms with Crippen LogP contribution >= 0.6 is 11.3 Å². The molecule has 0 amide bonds. The van der Waals surface area contributed by atoms with Crippen LogP contribution < -0.4 is 0 Å². The van der Waals surface area contributed by atoms with E-state index in [1.165, 1.54) is 16.0 Å². The Kier molecular flexibility index (Phi) is 4.88. The van der Waals surface area contributed by atoms with Gasteiger partial charge in [0.1, 0.15) is 5.01 Å². The van der Waals surface area contributed by atoms with E-state index >= 15 is 0 Å². The third-order valence-corrected chi connectivity index (χ3v) is 5.02. The number of aliphatic hydroxyl groups is 1. The van der Waals surface area contributed by atoms with Gasteiger partial charge in [-0.2, -0.15) is 0 Å². The summed E-state index contributed by atoms with van der Waals surface area (Å²) in [5.41, 5.74) is 2.45. The number of thiazole rings is 1. The van der Waals surface area contributed by atoms with Gasteiger partial charge in [0.25, 0.3) is 0 Å². The highest BCUT2D eigenvalue weighted by atomic mass is 32.1. The van der Waals surface area contributed by atoms with Crippen molar-refractivity contribution in [2.75, 3.05) is 19.7 Å². The normalized spacial score (nSPS) is 22.3. The Hall–Kier alpha value is -1.27. The number of hydrogen-bond acceptors (Lipinski definition) is 5. The molecule has 1 aromatic heterocycles. The smallest absolute Gasteiger partial charge is 0.123 e. The number of aliphatic hydroxyl groups excluding tert-OH is 1. The van der Waals surface area contributed by atoms with E-state index in [4.69, 9.17) is 4.74 Å². The van der Waals surface area contributed by atoms with Crippen molar-refractivity contribution in [1.29, 1.82) is 0 Å². The second-order valence-electron chi connectivity index (χ2n) is 5.70. The van der Waals surface area contributed by atoms with Gasteiger partial charge in [0, 0.05) is 42.9 Å². The van der Waals surface area contributed by atoms with Crippen molar-refractivity contribution in [3.8, 4) is 10.6 Å². The van der Waals surface area contributed by atoms with Gasteiger partial charge < -0.3 is 9.84 Å². The lowest BCUT2D eigenvalue weighted by atomic mass is 10.1. The largest absolute Gasteiger partial charge is 0.389 e. The van der Waals surface area contributed by atoms with Gasteiger partial charge >= 0.3 is 0 Å². The highest BCUT2D eigenvalue weighted by Gasteiger charge is 2.31. The average Bonchev–Trinajstić information content (AvgIpc) is 3.08. The molecule has 2 atom stereocenters. The molecule has 2 heterocycles. The lowest BCUT2D eigenvalue weighted by Gasteiger charge is -2.14. The molecule has 0 radical (unpaired) electrons. The minimum Gasteiger partial charge on any atom is -0.389 e. The molecule has 0 aliphatic carbocycles. The van der Waals surface area contributed by atoms with Crippen LogP contribution in [-0.2, 0) is 11.3 Å². The molecular weight excluding hydrogens is 296 g/mol. The molecule has 1 aromatic carbocycles. The molecular formula is C17H22N2O2S. The quantitative estimate of drug-likeness (QED) is 0.921. The monoisotopic (exact) mass is 318 g/mol. The molecule has 0 unspecified atom stereocenters. The Bertz CT molecular complexity index is 629. The van der Waals surface area contributed by atoms with Crippen molar-refractivity contribution in [1.82, 2.24) is 9.88 Å². The van der Waals surface area contributed by atoms with E-state index in [0.29, 0.717) is 13.2 Å². The summed E-state index contributed by atoms with van der Waals surface area (Å²) < 4.78 is 5.57. The van der Waals surface area contributed by atoms with Crippen molar-refractivity contribution >= 4 is 11.3 Å². The van der Waals surface area contributed by atoms with Gasteiger partial charge in [0.05, 0.1) is 12.2 Å². The molecule has 3 rings (SSSR count). The Balaban J connectivity index is 1.67. The first-order valence-corrected chi connectivity index (χ1v) is 8.51. The number of nitrogens with zero attached hydrogens (tertiary/aromatic N) is 2. The van der Waals surface area contributed by atoms with Crippen LogP contribution in [0.5, 0.6) is 0 Å². The summed E-state index contributed by atoms with van der Waals surface area (Å²) in [5.74, 6) is 0. The fourth-order valence-electron chi connectivity index (χ4n) is 2.88. The molecule has 1 aliphatic heterocycles. The number of aryl methyl sites for hydroxylation is 1. The number of benzene rings is 1. The number of hydrogen-bond donors (Lipinski definition) is 1. The van der Waals surface area contributed by atoms with Crippen molar-refractivity contribution in [3.05, 3.63) is 40.9 Å². The summed E-state index contributed by atoms with van der Waals surface area (Å²) >= 11 is 1.73. The van der Waals surface area contributed by atoms with Gasteiger partial charge in [0.2, 0.25) is 0 Å². The maximum Gasteiger partial charge on any atom is 0.123 e. The molecule has 0 bridgehead atoms. The summed E-state index contributed by atoms with van der Waals surface area (Å²) in [6.45, 7) is 7.00. The lowest BCUT2D eigenvalue weighted by molar-refractivity contribution is -0.00244. The maximum atomic E-state index is 10.0. The maximum absolute atomic E-state index is 10.0. The number of ether oxygens (including phenoxy) is 1. The van der Waals surface area contributed by atoms with Gasteiger partial charge in [-0.25, -0.2) is 4.98 Å². The first-order chi connectivity index (χ1) is 10.7. The van der Waals surface area contributed by atoms with E-state index in [0.717, 1.165) is 18.1 Å². The summed E-state index contributed by atoms with van der Waals surface area (Å²) in [6.07, 6.45) is 1.50. The Morgan fingerprint density at radius 3 is 2.95 bits per heavy atom. The molecule has 0 saturated carbocycles. The van der Waals surface area contributed by atoms with Crippen LogP contribution in [0.1, 0.15) is 17.4 Å². The first-order valence-electron chi connectivity index (χ1n) is 7.70. The van der Waals surface area contributed by atoms with Crippen LogP contribution in [-0.4, -0.2) is 46.9 Å². The zero-order chi connectivity index (χ0) is 15.5. The van der Waals surface area contributed by atoms with Crippen LogP contribution in [0.15, 0.2) is 30.5 Å². The van der Waals surface area contributed by atoms with Gasteiger partial charge in [-0.3, -0.25) is 4.90 Å². The predicted octanol–water partition coefficient (Wildman–Crippen LogP) is 2.70. The molecule has 118 valence electrons. The third-order valence-electron chi connectivity index (χ3n) is 4.00. The second-order valence-corrected chi connectivity index (χ2v) is 6.82. The summed E-state index contributed by atoms with van der Waals surface area (Å²) in [7, 11) is 0. The van der Waals surface area contributed by atoms with Gasteiger partial charge in [0.15, 0.2) is 0 Å². The van der Waals surface area contributed by atoms with E-state index in [1.54, 1.807) is 11.3 Å². The number of β-amino-alcohol motifs (C(OH)–C–C–N with tert-alkyl or cyclic N) is 1. The van der Waals surface area contributed by atoms with Crippen LogP contribution in [0.3, 0.4) is 0 Å². The number of likely N-dealkylation sites (tertiary alicyclic amines) is 1. The fourth-order valence-corrected chi connectivity index (χ4v) is 3.92. The van der Waals surface area contributed by atoms with E-state index in [2.05, 4.69) is 28.9 Å². The van der Waals surface area contributed by atoms with Crippen LogP contribution in [0, 0.1) is 6.92 Å². The molecule has 1 aliphatic rings. The SMILES string of the molecule is CCO[C@@H]1CN(Cc2cnc(-c3ccccc3C)s2)C[C@H]1O. The van der Waals surface area contributed by atoms with Crippen LogP contribution in [0.2, 0.25) is 0 Å². The summed E-state index contributed by atoms with van der Waals surface area (Å²) in [5, 5.41) is 11.1. The van der Waals surface area contributed by atoms with Crippen LogP contribution in [0.4, 0.5) is 0 Å². The molecule has 0 spiro atoms. The van der Waals surface area contributed by atoms with E-state index < -0.39 is 0 Å². The molecule has 1 fully saturated rings. The number of rotatable bonds is 5. The summed E-state index contributed by atoms with van der Waals surface area (Å²) in [6, 6.07) is 8.32. The standard InChI is InChI=1S/C17H22N2O2S/c1-3-21-16-11-19(10-15(16)20)9-13-8-18-17(22-13)14-7-5-4-6-12(14)2/h4-8,15-16,20H,3,9-11H2,1-2H3/t15-,16-/m1/s1. The van der Waals surface area contributed by atoms with E-state index in [9.17, 15) is 5.11 Å². The van der Waals surface area contributed by atoms with E-state index in [-0.39, 0.29) is 12.2 Å². The molecule has 2 aromatic rings. The molecule has 5 heteroatoms. The van der Waals surface area contributed by atoms with Crippen LogP contribution in [0.25, 0.3) is 10.6 Å². The molecule has 1 N–H and O–H groups in total. The zero-order valence-corrected chi connectivity index (χ0v) is 13.8. The Morgan fingerprint density at radius 1 is 1.36 bits per heavy atom. The second kappa shape index (κ2) is 6.87. The molecule has 1 saturated heterocycles. The first kappa shape index (κ1) is 15.6. The summed E-state index contributed by atoms with van der Waals surface area (Å²) in [4.78, 5) is 8.02. The van der Waals surface area contributed by atoms with Crippen molar-refractivity contribution < 1.29 is 9.84 Å².